The van der Waals surface area contributed by atoms with E-state index in [4.69, 9.17) is 17.5 Å². The summed E-state index contributed by atoms with van der Waals surface area (Å²) in [6.45, 7) is 0.135. The third-order valence-corrected chi connectivity index (χ3v) is 1.12. The summed E-state index contributed by atoms with van der Waals surface area (Å²) in [5.41, 5.74) is 5.11. The Morgan fingerprint density at radius 2 is 2.56 bits per heavy atom. The zero-order chi connectivity index (χ0) is 7.28. The Morgan fingerprint density at radius 3 is 2.67 bits per heavy atom. The van der Waals surface area contributed by atoms with E-state index in [1.165, 1.54) is 7.11 Å². The molecule has 0 saturated carbocycles. The standard InChI is InChI=1S/C4H9ClN2O2/c1-9-4(8)3(2-6)7-5/h3,7H,2,6H2,1H3. The average Bonchev–Trinajstić information content (AvgIpc) is 1.90. The van der Waals surface area contributed by atoms with Crippen LogP contribution in [0.1, 0.15) is 0 Å². The summed E-state index contributed by atoms with van der Waals surface area (Å²) in [5, 5.41) is 0. The molecule has 0 spiro atoms. The number of halogens is 1. The molecule has 0 saturated heterocycles. The lowest BCUT2D eigenvalue weighted by molar-refractivity contribution is -0.142. The van der Waals surface area contributed by atoms with Crippen LogP contribution in [0.4, 0.5) is 0 Å². The lowest BCUT2D eigenvalue weighted by Gasteiger charge is -2.07. The van der Waals surface area contributed by atoms with Gasteiger partial charge < -0.3 is 10.5 Å². The number of nitrogens with one attached hydrogen (secondary N) is 1. The van der Waals surface area contributed by atoms with Crippen molar-refractivity contribution < 1.29 is 9.53 Å². The molecule has 0 heterocycles. The largest absolute Gasteiger partial charge is 0.468 e. The van der Waals surface area contributed by atoms with Crippen molar-refractivity contribution in [2.75, 3.05) is 13.7 Å². The van der Waals surface area contributed by atoms with Crippen molar-refractivity contribution in [3.8, 4) is 0 Å². The molecule has 0 aliphatic carbocycles. The molecule has 4 nitrogen and oxygen atoms in total. The molecule has 0 amide bonds. The van der Waals surface area contributed by atoms with E-state index in [9.17, 15) is 4.79 Å². The van der Waals surface area contributed by atoms with E-state index in [0.29, 0.717) is 0 Å². The van der Waals surface area contributed by atoms with E-state index in [-0.39, 0.29) is 6.54 Å². The molecule has 1 unspecified atom stereocenters. The van der Waals surface area contributed by atoms with Crippen LogP contribution in [0, 0.1) is 0 Å². The van der Waals surface area contributed by atoms with Crippen molar-refractivity contribution in [2.45, 2.75) is 6.04 Å². The summed E-state index contributed by atoms with van der Waals surface area (Å²) < 4.78 is 4.33. The Bertz CT molecular complexity index is 94.6. The molecule has 54 valence electrons. The van der Waals surface area contributed by atoms with E-state index < -0.39 is 12.0 Å². The van der Waals surface area contributed by atoms with Gasteiger partial charge in [0, 0.05) is 6.54 Å². The fraction of sp³-hybridized carbons (Fsp3) is 0.750. The highest BCUT2D eigenvalue weighted by atomic mass is 35.5. The van der Waals surface area contributed by atoms with Gasteiger partial charge in [0.2, 0.25) is 0 Å². The molecule has 5 heteroatoms. The lowest BCUT2D eigenvalue weighted by atomic mass is 10.3. The second kappa shape index (κ2) is 4.55. The van der Waals surface area contributed by atoms with Crippen LogP contribution in [0.2, 0.25) is 0 Å². The smallest absolute Gasteiger partial charge is 0.325 e. The van der Waals surface area contributed by atoms with Gasteiger partial charge in [0.1, 0.15) is 6.04 Å². The van der Waals surface area contributed by atoms with Gasteiger partial charge in [-0.3, -0.25) is 4.79 Å². The summed E-state index contributed by atoms with van der Waals surface area (Å²) in [4.78, 5) is 12.7. The van der Waals surface area contributed by atoms with E-state index in [1.807, 2.05) is 0 Å². The molecule has 0 fully saturated rings. The average molecular weight is 153 g/mol. The molecular weight excluding hydrogens is 144 g/mol. The van der Waals surface area contributed by atoms with Crippen LogP contribution in [0.5, 0.6) is 0 Å². The van der Waals surface area contributed by atoms with E-state index in [0.717, 1.165) is 0 Å². The maximum absolute atomic E-state index is 10.5. The van der Waals surface area contributed by atoms with Gasteiger partial charge in [0.25, 0.3) is 0 Å². The normalized spacial score (nSPS) is 12.8. The van der Waals surface area contributed by atoms with Crippen LogP contribution in [-0.2, 0) is 9.53 Å². The summed E-state index contributed by atoms with van der Waals surface area (Å²) in [7, 11) is 1.28. The van der Waals surface area contributed by atoms with Gasteiger partial charge in [-0.25, -0.2) is 4.84 Å². The topological polar surface area (TPSA) is 64.3 Å². The molecule has 0 aromatic carbocycles. The lowest BCUT2D eigenvalue weighted by Crippen LogP contribution is -2.38. The molecule has 9 heavy (non-hydrogen) atoms. The summed E-state index contributed by atoms with van der Waals surface area (Å²) in [6, 6.07) is -0.600. The number of rotatable bonds is 3. The maximum atomic E-state index is 10.5. The molecule has 1 atom stereocenters. The summed E-state index contributed by atoms with van der Waals surface area (Å²) >= 11 is 5.11. The fourth-order valence-corrected chi connectivity index (χ4v) is 0.506. The van der Waals surface area contributed by atoms with Crippen molar-refractivity contribution in [3.05, 3.63) is 0 Å². The van der Waals surface area contributed by atoms with Crippen LogP contribution >= 0.6 is 11.8 Å². The highest BCUT2D eigenvalue weighted by Crippen LogP contribution is 1.84. The number of hydrogen-bond acceptors (Lipinski definition) is 4. The van der Waals surface area contributed by atoms with Crippen molar-refractivity contribution >= 4 is 17.7 Å². The second-order valence-corrected chi connectivity index (χ2v) is 1.64. The predicted molar refractivity (Wildman–Crippen MR) is 33.8 cm³/mol. The molecule has 0 radical (unpaired) electrons. The number of carbonyl (C=O) groups excluding carboxylic acids is 1. The number of nitrogens with two attached hydrogens (primary N) is 1. The number of hydrogen-bond donors (Lipinski definition) is 2. The van der Waals surface area contributed by atoms with Gasteiger partial charge >= 0.3 is 5.97 Å². The van der Waals surface area contributed by atoms with Gasteiger partial charge in [0.15, 0.2) is 0 Å². The highest BCUT2D eigenvalue weighted by molar-refractivity contribution is 6.14. The number of esters is 1. The van der Waals surface area contributed by atoms with Gasteiger partial charge in [0.05, 0.1) is 7.11 Å². The monoisotopic (exact) mass is 152 g/mol. The quantitative estimate of drug-likeness (QED) is 0.412. The molecular formula is C4H9ClN2O2. The maximum Gasteiger partial charge on any atom is 0.325 e. The Hall–Kier alpha value is -0.320. The minimum atomic E-state index is -0.600. The van der Waals surface area contributed by atoms with Crippen LogP contribution in [-0.4, -0.2) is 25.7 Å². The third-order valence-electron chi connectivity index (χ3n) is 0.853. The Labute approximate surface area is 58.4 Å². The van der Waals surface area contributed by atoms with Gasteiger partial charge in [-0.15, -0.1) is 0 Å². The van der Waals surface area contributed by atoms with E-state index in [2.05, 4.69) is 9.57 Å². The number of ether oxygens (including phenoxy) is 1. The first-order chi connectivity index (χ1) is 4.26. The molecule has 0 aromatic heterocycles. The molecule has 3 N–H and O–H groups in total. The van der Waals surface area contributed by atoms with Gasteiger partial charge in [-0.2, -0.15) is 0 Å². The second-order valence-electron chi connectivity index (χ2n) is 1.42. The summed E-state index contributed by atoms with van der Waals surface area (Å²) in [5.74, 6) is -0.451. The van der Waals surface area contributed by atoms with Crippen molar-refractivity contribution in [1.82, 2.24) is 4.84 Å². The van der Waals surface area contributed by atoms with Crippen LogP contribution in [0.25, 0.3) is 0 Å². The zero-order valence-corrected chi connectivity index (χ0v) is 5.81. The van der Waals surface area contributed by atoms with Crippen molar-refractivity contribution in [1.29, 1.82) is 0 Å². The first-order valence-electron chi connectivity index (χ1n) is 2.40. The van der Waals surface area contributed by atoms with Crippen LogP contribution in [0.3, 0.4) is 0 Å². The van der Waals surface area contributed by atoms with Crippen molar-refractivity contribution in [3.63, 3.8) is 0 Å². The van der Waals surface area contributed by atoms with E-state index in [1.54, 1.807) is 0 Å². The Balaban J connectivity index is 3.64. The fourth-order valence-electron chi connectivity index (χ4n) is 0.328. The van der Waals surface area contributed by atoms with Gasteiger partial charge in [-0.05, 0) is 11.8 Å². The third kappa shape index (κ3) is 2.64. The van der Waals surface area contributed by atoms with E-state index >= 15 is 0 Å². The number of methoxy groups -OCH3 is 1. The minimum Gasteiger partial charge on any atom is -0.468 e. The predicted octanol–water partition coefficient (Wildman–Crippen LogP) is -0.770. The Kier molecular flexibility index (Phi) is 4.39. The zero-order valence-electron chi connectivity index (χ0n) is 5.06. The first kappa shape index (κ1) is 8.68. The van der Waals surface area contributed by atoms with Crippen LogP contribution in [0.15, 0.2) is 0 Å². The highest BCUT2D eigenvalue weighted by Gasteiger charge is 2.14. The molecule has 0 aromatic rings. The Morgan fingerprint density at radius 1 is 2.00 bits per heavy atom. The molecule has 0 aliphatic rings. The molecule has 0 aliphatic heterocycles. The molecule has 0 bridgehead atoms. The van der Waals surface area contributed by atoms with Crippen LogP contribution < -0.4 is 10.6 Å². The first-order valence-corrected chi connectivity index (χ1v) is 2.78. The van der Waals surface area contributed by atoms with Gasteiger partial charge in [-0.1, -0.05) is 0 Å². The SMILES string of the molecule is COC(=O)C(CN)NCl. The summed E-state index contributed by atoms with van der Waals surface area (Å²) in [6.07, 6.45) is 0. The molecule has 0 rings (SSSR count). The van der Waals surface area contributed by atoms with Crippen molar-refractivity contribution in [2.24, 2.45) is 5.73 Å². The minimum absolute atomic E-state index is 0.135. The number of carbonyl (C=O) groups is 1.